The molecule has 0 fully saturated rings. The van der Waals surface area contributed by atoms with E-state index in [2.05, 4.69) is 35.9 Å². The number of hydrogen-bond acceptors (Lipinski definition) is 6. The summed E-state index contributed by atoms with van der Waals surface area (Å²) in [6.45, 7) is 4.72. The Morgan fingerprint density at radius 2 is 2.00 bits per heavy atom. The van der Waals surface area contributed by atoms with Gasteiger partial charge in [-0.2, -0.15) is 0 Å². The Hall–Kier alpha value is -3.33. The van der Waals surface area contributed by atoms with Crippen LogP contribution in [0.1, 0.15) is 22.7 Å². The lowest BCUT2D eigenvalue weighted by atomic mass is 10.3. The number of nitrogens with zero attached hydrogens (tertiary/aromatic N) is 4. The number of pyridine rings is 1. The fourth-order valence-corrected chi connectivity index (χ4v) is 2.56. The largest absolute Gasteiger partial charge is 0.467 e. The van der Waals surface area contributed by atoms with Gasteiger partial charge in [-0.25, -0.2) is 15.0 Å². The Bertz CT molecular complexity index is 922. The van der Waals surface area contributed by atoms with Crippen molar-refractivity contribution in [1.29, 1.82) is 0 Å². The molecule has 28 heavy (non-hydrogen) atoms. The number of furan rings is 1. The third-order valence-corrected chi connectivity index (χ3v) is 3.84. The zero-order valence-electron chi connectivity index (χ0n) is 15.6. The van der Waals surface area contributed by atoms with Gasteiger partial charge in [0, 0.05) is 23.8 Å². The number of guanidine groups is 1. The van der Waals surface area contributed by atoms with Gasteiger partial charge in [0.15, 0.2) is 5.11 Å². The maximum Gasteiger partial charge on any atom is 0.229 e. The highest BCUT2D eigenvalue weighted by molar-refractivity contribution is 7.80. The van der Waals surface area contributed by atoms with Crippen LogP contribution in [0.2, 0.25) is 0 Å². The Labute approximate surface area is 168 Å². The first-order valence-corrected chi connectivity index (χ1v) is 9.09. The van der Waals surface area contributed by atoms with Crippen LogP contribution >= 0.6 is 12.2 Å². The second-order valence-corrected chi connectivity index (χ2v) is 6.42. The van der Waals surface area contributed by atoms with Gasteiger partial charge in [0.2, 0.25) is 11.9 Å². The van der Waals surface area contributed by atoms with Crippen LogP contribution in [-0.4, -0.2) is 26.0 Å². The maximum absolute atomic E-state index is 5.36. The van der Waals surface area contributed by atoms with Crippen LogP contribution in [0.5, 0.6) is 0 Å². The van der Waals surface area contributed by atoms with E-state index in [1.54, 1.807) is 18.7 Å². The molecule has 0 unspecified atom stereocenters. The first-order valence-electron chi connectivity index (χ1n) is 8.68. The SMILES string of the molecule is Cc1cc(C)nc(NC(=NCc2cccnc2)NC(=S)NCc2ccco2)n1. The van der Waals surface area contributed by atoms with E-state index in [-0.39, 0.29) is 0 Å². The number of anilines is 1. The molecule has 0 aliphatic rings. The van der Waals surface area contributed by atoms with E-state index >= 15 is 0 Å². The molecular formula is C19H21N7OS. The van der Waals surface area contributed by atoms with Gasteiger partial charge >= 0.3 is 0 Å². The van der Waals surface area contributed by atoms with Crippen molar-refractivity contribution in [3.63, 3.8) is 0 Å². The maximum atomic E-state index is 5.36. The topological polar surface area (TPSA) is 100 Å². The van der Waals surface area contributed by atoms with Crippen LogP contribution in [-0.2, 0) is 13.1 Å². The number of hydrogen-bond donors (Lipinski definition) is 3. The van der Waals surface area contributed by atoms with Gasteiger partial charge in [0.1, 0.15) is 5.76 Å². The van der Waals surface area contributed by atoms with E-state index in [0.717, 1.165) is 22.7 Å². The molecule has 0 aliphatic carbocycles. The second kappa shape index (κ2) is 9.56. The minimum atomic E-state index is 0.401. The fourth-order valence-electron chi connectivity index (χ4n) is 2.39. The predicted octanol–water partition coefficient (Wildman–Crippen LogP) is 2.71. The molecule has 0 bridgehead atoms. The molecule has 0 aliphatic heterocycles. The molecule has 8 nitrogen and oxygen atoms in total. The van der Waals surface area contributed by atoms with Crippen molar-refractivity contribution < 1.29 is 4.42 Å². The lowest BCUT2D eigenvalue weighted by molar-refractivity contribution is 0.503. The van der Waals surface area contributed by atoms with Crippen LogP contribution in [0.4, 0.5) is 5.95 Å². The van der Waals surface area contributed by atoms with Gasteiger partial charge in [-0.15, -0.1) is 0 Å². The van der Waals surface area contributed by atoms with E-state index in [1.807, 2.05) is 44.2 Å². The number of aliphatic imine (C=N–C) groups is 1. The molecular weight excluding hydrogens is 374 g/mol. The van der Waals surface area contributed by atoms with E-state index in [4.69, 9.17) is 16.6 Å². The van der Waals surface area contributed by atoms with Crippen molar-refractivity contribution in [3.05, 3.63) is 71.7 Å². The summed E-state index contributed by atoms with van der Waals surface area (Å²) in [5, 5.41) is 9.63. The smallest absolute Gasteiger partial charge is 0.229 e. The number of nitrogens with one attached hydrogen (secondary N) is 3. The highest BCUT2D eigenvalue weighted by atomic mass is 32.1. The Morgan fingerprint density at radius 3 is 2.68 bits per heavy atom. The number of thiocarbonyl (C=S) groups is 1. The second-order valence-electron chi connectivity index (χ2n) is 6.01. The van der Waals surface area contributed by atoms with Crippen molar-refractivity contribution >= 4 is 29.2 Å². The van der Waals surface area contributed by atoms with E-state index in [9.17, 15) is 0 Å². The van der Waals surface area contributed by atoms with Gasteiger partial charge in [0.25, 0.3) is 0 Å². The predicted molar refractivity (Wildman–Crippen MR) is 112 cm³/mol. The summed E-state index contributed by atoms with van der Waals surface area (Å²) in [5.41, 5.74) is 2.69. The molecule has 3 aromatic heterocycles. The summed E-state index contributed by atoms with van der Waals surface area (Å²) in [5.74, 6) is 1.66. The average molecular weight is 395 g/mol. The molecule has 3 aromatic rings. The molecule has 144 valence electrons. The number of aryl methyl sites for hydroxylation is 2. The third-order valence-electron chi connectivity index (χ3n) is 3.59. The van der Waals surface area contributed by atoms with Crippen LogP contribution in [0, 0.1) is 13.8 Å². The Kier molecular flexibility index (Phi) is 6.64. The summed E-state index contributed by atoms with van der Waals surface area (Å²) < 4.78 is 5.29. The molecule has 0 radical (unpaired) electrons. The minimum Gasteiger partial charge on any atom is -0.467 e. The van der Waals surface area contributed by atoms with Gasteiger partial charge in [-0.05, 0) is 55.9 Å². The Balaban J connectivity index is 1.70. The summed E-state index contributed by atoms with van der Waals surface area (Å²) in [6.07, 6.45) is 5.11. The average Bonchev–Trinajstić information content (AvgIpc) is 3.18. The summed E-state index contributed by atoms with van der Waals surface area (Å²) in [6, 6.07) is 9.42. The van der Waals surface area contributed by atoms with Crippen LogP contribution < -0.4 is 16.0 Å². The van der Waals surface area contributed by atoms with E-state index in [0.29, 0.717) is 30.1 Å². The van der Waals surface area contributed by atoms with Crippen molar-refractivity contribution in [2.45, 2.75) is 26.9 Å². The highest BCUT2D eigenvalue weighted by Gasteiger charge is 2.07. The molecule has 0 aromatic carbocycles. The van der Waals surface area contributed by atoms with Crippen molar-refractivity contribution in [2.24, 2.45) is 4.99 Å². The lowest BCUT2D eigenvalue weighted by Gasteiger charge is -2.14. The summed E-state index contributed by atoms with van der Waals surface area (Å²) in [4.78, 5) is 17.4. The van der Waals surface area contributed by atoms with E-state index < -0.39 is 0 Å². The van der Waals surface area contributed by atoms with Crippen LogP contribution in [0.15, 0.2) is 58.4 Å². The molecule has 9 heteroatoms. The molecule has 3 rings (SSSR count). The normalized spacial score (nSPS) is 11.1. The zero-order chi connectivity index (χ0) is 19.8. The van der Waals surface area contributed by atoms with Gasteiger partial charge in [-0.1, -0.05) is 6.07 Å². The van der Waals surface area contributed by atoms with Crippen LogP contribution in [0.3, 0.4) is 0 Å². The summed E-state index contributed by atoms with van der Waals surface area (Å²) in [7, 11) is 0. The summed E-state index contributed by atoms with van der Waals surface area (Å²) >= 11 is 5.36. The first-order chi connectivity index (χ1) is 13.6. The van der Waals surface area contributed by atoms with Gasteiger partial charge in [-0.3, -0.25) is 10.3 Å². The molecule has 0 atom stereocenters. The lowest BCUT2D eigenvalue weighted by Crippen LogP contribution is -2.42. The molecule has 3 heterocycles. The molecule has 0 amide bonds. The van der Waals surface area contributed by atoms with E-state index in [1.165, 1.54) is 0 Å². The number of aromatic nitrogens is 3. The van der Waals surface area contributed by atoms with Crippen LogP contribution in [0.25, 0.3) is 0 Å². The monoisotopic (exact) mass is 395 g/mol. The zero-order valence-corrected chi connectivity index (χ0v) is 16.5. The number of rotatable bonds is 5. The third kappa shape index (κ3) is 6.13. The van der Waals surface area contributed by atoms with Crippen molar-refractivity contribution in [3.8, 4) is 0 Å². The molecule has 0 saturated heterocycles. The standard InChI is InChI=1S/C19H21N7OS/c1-13-9-14(2)24-18(23-13)25-17(21-11-15-5-3-7-20-10-15)26-19(28)22-12-16-6-4-8-27-16/h3-10H,11-12H2,1-2H3,(H3,21,22,23,24,25,26,28). The quantitative estimate of drug-likeness (QED) is 0.344. The minimum absolute atomic E-state index is 0.401. The van der Waals surface area contributed by atoms with Gasteiger partial charge < -0.3 is 15.1 Å². The molecule has 0 saturated carbocycles. The Morgan fingerprint density at radius 1 is 1.18 bits per heavy atom. The molecule has 3 N–H and O–H groups in total. The fraction of sp³-hybridized carbons (Fsp3) is 0.211. The van der Waals surface area contributed by atoms with Crippen molar-refractivity contribution in [2.75, 3.05) is 5.32 Å². The van der Waals surface area contributed by atoms with Crippen molar-refractivity contribution in [1.82, 2.24) is 25.6 Å². The van der Waals surface area contributed by atoms with Gasteiger partial charge in [0.05, 0.1) is 19.4 Å². The molecule has 0 spiro atoms. The first kappa shape index (κ1) is 19.4. The highest BCUT2D eigenvalue weighted by Crippen LogP contribution is 2.05.